The lowest BCUT2D eigenvalue weighted by Crippen LogP contribution is -2.35. The number of rotatable bonds is 1. The van der Waals surface area contributed by atoms with Crippen LogP contribution in [0.4, 0.5) is 10.1 Å². The van der Waals surface area contributed by atoms with E-state index in [1.165, 1.54) is 6.07 Å². The molecule has 86 valence electrons. The predicted octanol–water partition coefficient (Wildman–Crippen LogP) is 3.41. The molecule has 1 fully saturated rings. The summed E-state index contributed by atoms with van der Waals surface area (Å²) in [5, 5.41) is 0. The van der Waals surface area contributed by atoms with Gasteiger partial charge in [0.25, 0.3) is 0 Å². The van der Waals surface area contributed by atoms with Crippen molar-refractivity contribution in [2.45, 2.75) is 26.2 Å². The van der Waals surface area contributed by atoms with Crippen molar-refractivity contribution < 1.29 is 9.18 Å². The number of anilines is 1. The molecule has 1 saturated heterocycles. The van der Waals surface area contributed by atoms with E-state index in [-0.39, 0.29) is 11.7 Å². The van der Waals surface area contributed by atoms with Gasteiger partial charge in [0.1, 0.15) is 5.82 Å². The van der Waals surface area contributed by atoms with Gasteiger partial charge in [0.15, 0.2) is 0 Å². The van der Waals surface area contributed by atoms with Crippen LogP contribution in [0.3, 0.4) is 0 Å². The average molecular weight is 286 g/mol. The maximum absolute atomic E-state index is 13.5. The highest BCUT2D eigenvalue weighted by Crippen LogP contribution is 2.29. The van der Waals surface area contributed by atoms with Crippen LogP contribution in [0.15, 0.2) is 16.6 Å². The van der Waals surface area contributed by atoms with E-state index in [0.717, 1.165) is 18.4 Å². The molecule has 0 unspecified atom stereocenters. The summed E-state index contributed by atoms with van der Waals surface area (Å²) in [4.78, 5) is 13.4. The minimum absolute atomic E-state index is 0.0936. The topological polar surface area (TPSA) is 20.3 Å². The molecule has 0 bridgehead atoms. The van der Waals surface area contributed by atoms with E-state index in [9.17, 15) is 9.18 Å². The van der Waals surface area contributed by atoms with Crippen LogP contribution in [-0.2, 0) is 4.79 Å². The Hall–Kier alpha value is -0.900. The highest BCUT2D eigenvalue weighted by Gasteiger charge is 2.21. The van der Waals surface area contributed by atoms with Crippen LogP contribution in [0.5, 0.6) is 0 Å². The quantitative estimate of drug-likeness (QED) is 0.774. The lowest BCUT2D eigenvalue weighted by Gasteiger charge is -2.28. The Kier molecular flexibility index (Phi) is 3.28. The number of carbonyl (C=O) groups is 1. The fraction of sp³-hybridized carbons (Fsp3) is 0.417. The molecule has 4 heteroatoms. The zero-order valence-electron chi connectivity index (χ0n) is 9.09. The molecule has 0 saturated carbocycles. The highest BCUT2D eigenvalue weighted by atomic mass is 79.9. The first-order valence-electron chi connectivity index (χ1n) is 5.35. The summed E-state index contributed by atoms with van der Waals surface area (Å²) in [6.45, 7) is 2.59. The maximum Gasteiger partial charge on any atom is 0.226 e. The van der Waals surface area contributed by atoms with Crippen LogP contribution in [0.25, 0.3) is 0 Å². The molecule has 1 aromatic carbocycles. The molecule has 1 amide bonds. The Morgan fingerprint density at radius 1 is 1.38 bits per heavy atom. The number of benzene rings is 1. The number of aryl methyl sites for hydroxylation is 1. The van der Waals surface area contributed by atoms with E-state index < -0.39 is 0 Å². The second kappa shape index (κ2) is 4.53. The second-order valence-electron chi connectivity index (χ2n) is 4.06. The van der Waals surface area contributed by atoms with Crippen molar-refractivity contribution in [3.05, 3.63) is 28.0 Å². The van der Waals surface area contributed by atoms with E-state index in [1.807, 2.05) is 6.92 Å². The van der Waals surface area contributed by atoms with E-state index in [0.29, 0.717) is 23.1 Å². The van der Waals surface area contributed by atoms with Gasteiger partial charge in [0.2, 0.25) is 5.91 Å². The molecule has 0 atom stereocenters. The normalized spacial score (nSPS) is 16.7. The van der Waals surface area contributed by atoms with Crippen LogP contribution in [0.2, 0.25) is 0 Å². The molecule has 1 aromatic rings. The molecule has 0 radical (unpaired) electrons. The third-order valence-corrected chi connectivity index (χ3v) is 3.46. The Balaban J connectivity index is 2.39. The molecule has 0 aliphatic carbocycles. The van der Waals surface area contributed by atoms with Crippen LogP contribution in [0, 0.1) is 12.7 Å². The van der Waals surface area contributed by atoms with Gasteiger partial charge >= 0.3 is 0 Å². The number of piperidine rings is 1. The molecular weight excluding hydrogens is 273 g/mol. The first kappa shape index (κ1) is 11.6. The summed E-state index contributed by atoms with van der Waals surface area (Å²) in [5.74, 6) is -0.227. The van der Waals surface area contributed by atoms with Gasteiger partial charge in [-0.05, 0) is 53.4 Å². The van der Waals surface area contributed by atoms with Gasteiger partial charge in [-0.2, -0.15) is 0 Å². The van der Waals surface area contributed by atoms with Crippen molar-refractivity contribution in [3.63, 3.8) is 0 Å². The lowest BCUT2D eigenvalue weighted by molar-refractivity contribution is -0.119. The van der Waals surface area contributed by atoms with Crippen LogP contribution in [0.1, 0.15) is 24.8 Å². The van der Waals surface area contributed by atoms with Gasteiger partial charge in [0, 0.05) is 18.7 Å². The van der Waals surface area contributed by atoms with Crippen LogP contribution >= 0.6 is 15.9 Å². The molecule has 1 heterocycles. The third kappa shape index (κ3) is 2.12. The minimum atomic E-state index is -0.320. The summed E-state index contributed by atoms with van der Waals surface area (Å²) in [7, 11) is 0. The highest BCUT2D eigenvalue weighted by molar-refractivity contribution is 9.10. The Morgan fingerprint density at radius 3 is 2.81 bits per heavy atom. The van der Waals surface area contributed by atoms with Gasteiger partial charge in [-0.1, -0.05) is 0 Å². The van der Waals surface area contributed by atoms with E-state index in [2.05, 4.69) is 15.9 Å². The van der Waals surface area contributed by atoms with Crippen molar-refractivity contribution in [2.75, 3.05) is 11.4 Å². The monoisotopic (exact) mass is 285 g/mol. The fourth-order valence-corrected chi connectivity index (χ4v) is 2.45. The molecule has 16 heavy (non-hydrogen) atoms. The Morgan fingerprint density at radius 2 is 2.12 bits per heavy atom. The summed E-state index contributed by atoms with van der Waals surface area (Å²) >= 11 is 3.14. The lowest BCUT2D eigenvalue weighted by atomic mass is 10.1. The third-order valence-electron chi connectivity index (χ3n) is 2.85. The molecular formula is C12H13BrFNO. The van der Waals surface area contributed by atoms with E-state index in [4.69, 9.17) is 0 Å². The largest absolute Gasteiger partial charge is 0.312 e. The molecule has 1 aliphatic rings. The number of amides is 1. The van der Waals surface area contributed by atoms with Gasteiger partial charge in [0.05, 0.1) is 4.47 Å². The van der Waals surface area contributed by atoms with Crippen molar-refractivity contribution in [1.82, 2.24) is 0 Å². The first-order chi connectivity index (χ1) is 7.59. The molecule has 0 spiro atoms. The summed E-state index contributed by atoms with van der Waals surface area (Å²) in [6.07, 6.45) is 2.49. The maximum atomic E-state index is 13.5. The Bertz CT molecular complexity index is 433. The summed E-state index contributed by atoms with van der Waals surface area (Å²) in [5.41, 5.74) is 1.62. The van der Waals surface area contributed by atoms with Crippen molar-refractivity contribution in [3.8, 4) is 0 Å². The summed E-state index contributed by atoms with van der Waals surface area (Å²) < 4.78 is 13.9. The Labute approximate surface area is 103 Å². The summed E-state index contributed by atoms with van der Waals surface area (Å²) in [6, 6.07) is 3.15. The number of nitrogens with zero attached hydrogens (tertiary/aromatic N) is 1. The number of hydrogen-bond donors (Lipinski definition) is 0. The number of hydrogen-bond acceptors (Lipinski definition) is 1. The average Bonchev–Trinajstić information content (AvgIpc) is 2.25. The van der Waals surface area contributed by atoms with Crippen molar-refractivity contribution in [2.24, 2.45) is 0 Å². The standard InChI is InChI=1S/C12H13BrFNO/c1-8-6-9(13)10(14)7-11(8)15-5-3-2-4-12(15)16/h6-7H,2-5H2,1H3. The molecule has 2 nitrogen and oxygen atoms in total. The van der Waals surface area contributed by atoms with Gasteiger partial charge in [-0.15, -0.1) is 0 Å². The molecule has 0 N–H and O–H groups in total. The van der Waals surface area contributed by atoms with Gasteiger partial charge in [-0.25, -0.2) is 4.39 Å². The number of halogens is 2. The minimum Gasteiger partial charge on any atom is -0.312 e. The van der Waals surface area contributed by atoms with Gasteiger partial charge < -0.3 is 4.90 Å². The zero-order valence-corrected chi connectivity index (χ0v) is 10.7. The SMILES string of the molecule is Cc1cc(Br)c(F)cc1N1CCCCC1=O. The molecule has 0 aromatic heterocycles. The first-order valence-corrected chi connectivity index (χ1v) is 6.15. The van der Waals surface area contributed by atoms with Crippen molar-refractivity contribution in [1.29, 1.82) is 0 Å². The van der Waals surface area contributed by atoms with Crippen LogP contribution < -0.4 is 4.90 Å². The molecule has 2 rings (SSSR count). The fourth-order valence-electron chi connectivity index (χ4n) is 1.99. The predicted molar refractivity (Wildman–Crippen MR) is 65.0 cm³/mol. The smallest absolute Gasteiger partial charge is 0.226 e. The molecule has 1 aliphatic heterocycles. The number of carbonyl (C=O) groups excluding carboxylic acids is 1. The second-order valence-corrected chi connectivity index (χ2v) is 4.91. The van der Waals surface area contributed by atoms with Gasteiger partial charge in [-0.3, -0.25) is 4.79 Å². The van der Waals surface area contributed by atoms with Crippen LogP contribution in [-0.4, -0.2) is 12.5 Å². The van der Waals surface area contributed by atoms with Crippen molar-refractivity contribution >= 4 is 27.5 Å². The van der Waals surface area contributed by atoms with E-state index >= 15 is 0 Å². The van der Waals surface area contributed by atoms with E-state index in [1.54, 1.807) is 11.0 Å². The zero-order chi connectivity index (χ0) is 11.7.